The molecule has 0 aliphatic carbocycles. The Balaban J connectivity index is 0.483. The number of halogens is 1. The van der Waals surface area contributed by atoms with Crippen molar-refractivity contribution < 1.29 is 100 Å². The summed E-state index contributed by atoms with van der Waals surface area (Å²) in [5.41, 5.74) is 8.89. The van der Waals surface area contributed by atoms with Crippen molar-refractivity contribution in [3.05, 3.63) is 184 Å². The Morgan fingerprint density at radius 1 is 0.500 bits per heavy atom. The Morgan fingerprint density at radius 3 is 1.62 bits per heavy atom. The topological polar surface area (TPSA) is 512 Å². The number of H-pyrrole nitrogens is 2. The van der Waals surface area contributed by atoms with Crippen molar-refractivity contribution in [2.24, 2.45) is 33.9 Å². The number of anilines is 5. The van der Waals surface area contributed by atoms with Crippen molar-refractivity contribution in [2.75, 3.05) is 172 Å². The molecule has 0 unspecified atom stereocenters. The minimum Gasteiger partial charge on any atom is -0.491 e. The average molecular weight is 1810 g/mol. The first-order valence-electron chi connectivity index (χ1n) is 42.3. The van der Waals surface area contributed by atoms with Gasteiger partial charge in [-0.2, -0.15) is 0 Å². The SMILES string of the molecule is Cc1cc(F)cc(C)c1Oc1ccc(C(C)(C)O)cc1-c1cn(C)c(=O)c2[nH]c(C(=O)Nc3ccc(OCCOCCOCCOCCOCCOCCOCCOCCOCCNC(=O)CCNC(=O)c4nc(NC(=O)CCNC(=O)c5cc(NC(=O)c6nc(NC(=O)CCNC(=O)c7cc(NC(=O)c8nccn8C)cn7C)cn6C)cn5CCCCN)c[nH]4)cc3)cc12. The fourth-order valence-electron chi connectivity index (χ4n) is 13.1. The second-order valence-electron chi connectivity index (χ2n) is 30.4. The van der Waals surface area contributed by atoms with Gasteiger partial charge in [-0.3, -0.25) is 47.9 Å². The molecule has 10 rings (SSSR count). The smallest absolute Gasteiger partial charge is 0.291 e. The van der Waals surface area contributed by atoms with Crippen LogP contribution in [0.4, 0.5) is 33.1 Å². The van der Waals surface area contributed by atoms with Gasteiger partial charge in [-0.25, -0.2) is 19.3 Å². The highest BCUT2D eigenvalue weighted by Crippen LogP contribution is 2.41. The van der Waals surface area contributed by atoms with Crippen molar-refractivity contribution in [3.63, 3.8) is 0 Å². The predicted molar refractivity (Wildman–Crippen MR) is 477 cm³/mol. The molecule has 130 heavy (non-hydrogen) atoms. The molecule has 0 aliphatic heterocycles. The molecule has 0 aliphatic rings. The second-order valence-corrected chi connectivity index (χ2v) is 30.4. The summed E-state index contributed by atoms with van der Waals surface area (Å²) in [5.74, 6) is -3.35. The quantitative estimate of drug-likeness (QED) is 0.0191. The van der Waals surface area contributed by atoms with Gasteiger partial charge in [0.05, 0.1) is 123 Å². The van der Waals surface area contributed by atoms with Crippen molar-refractivity contribution in [1.82, 2.24) is 69.0 Å². The van der Waals surface area contributed by atoms with Crippen molar-refractivity contribution >= 4 is 92.8 Å². The molecule has 14 N–H and O–H groups in total. The molecule has 10 aromatic rings. The van der Waals surface area contributed by atoms with E-state index in [9.17, 15) is 57.4 Å². The zero-order valence-electron chi connectivity index (χ0n) is 73.9. The highest BCUT2D eigenvalue weighted by molar-refractivity contribution is 6.09. The van der Waals surface area contributed by atoms with Crippen molar-refractivity contribution in [2.45, 2.75) is 71.9 Å². The predicted octanol–water partition coefficient (Wildman–Crippen LogP) is 6.10. The van der Waals surface area contributed by atoms with Crippen LogP contribution >= 0.6 is 0 Å². The van der Waals surface area contributed by atoms with Gasteiger partial charge < -0.3 is 139 Å². The first-order chi connectivity index (χ1) is 62.6. The number of rotatable bonds is 56. The van der Waals surface area contributed by atoms with Crippen LogP contribution in [-0.4, -0.2) is 251 Å². The highest BCUT2D eigenvalue weighted by atomic mass is 19.1. The number of aromatic nitrogens is 10. The molecule has 0 bridgehead atoms. The first-order valence-corrected chi connectivity index (χ1v) is 42.3. The van der Waals surface area contributed by atoms with E-state index in [4.69, 9.17) is 53.1 Å². The Kier molecular flexibility index (Phi) is 37.9. The van der Waals surface area contributed by atoms with Gasteiger partial charge in [0.15, 0.2) is 23.3 Å². The molecule has 7 heterocycles. The molecule has 3 aromatic carbocycles. The number of amides is 9. The van der Waals surface area contributed by atoms with Crippen LogP contribution in [0.2, 0.25) is 0 Å². The van der Waals surface area contributed by atoms with E-state index in [1.165, 1.54) is 56.6 Å². The number of carbonyl (C=O) groups excluding carboxylic acids is 9. The molecule has 0 fully saturated rings. The Hall–Kier alpha value is -13.3. The van der Waals surface area contributed by atoms with Gasteiger partial charge in [0.1, 0.15) is 52.3 Å². The number of pyridine rings is 1. The van der Waals surface area contributed by atoms with Gasteiger partial charge in [0.2, 0.25) is 23.5 Å². The second kappa shape index (κ2) is 49.9. The van der Waals surface area contributed by atoms with Crippen LogP contribution in [0.5, 0.6) is 17.2 Å². The average Bonchev–Trinajstić information content (AvgIpc) is 1.62. The maximum absolute atomic E-state index is 14.3. The number of ether oxygens (including phenoxy) is 10. The number of aromatic amines is 2. The number of hydrogen-bond donors (Lipinski definition) is 13. The van der Waals surface area contributed by atoms with Crippen LogP contribution in [0.25, 0.3) is 22.0 Å². The molecule has 0 saturated heterocycles. The largest absolute Gasteiger partial charge is 0.491 e. The molecule has 0 atom stereocenters. The van der Waals surface area contributed by atoms with Gasteiger partial charge >= 0.3 is 0 Å². The Labute approximate surface area is 748 Å². The molecule has 698 valence electrons. The highest BCUT2D eigenvalue weighted by Gasteiger charge is 2.27. The molecule has 42 heteroatoms. The lowest BCUT2D eigenvalue weighted by Gasteiger charge is -2.22. The monoisotopic (exact) mass is 1800 g/mol. The maximum Gasteiger partial charge on any atom is 0.291 e. The summed E-state index contributed by atoms with van der Waals surface area (Å²) in [6, 6.07) is 19.4. The summed E-state index contributed by atoms with van der Waals surface area (Å²) in [6.45, 7) is 13.8. The molecule has 9 amide bonds. The number of imidazole rings is 3. The van der Waals surface area contributed by atoms with E-state index in [2.05, 4.69) is 72.8 Å². The van der Waals surface area contributed by atoms with E-state index in [-0.39, 0.29) is 133 Å². The zero-order chi connectivity index (χ0) is 93.1. The van der Waals surface area contributed by atoms with Crippen molar-refractivity contribution in [1.29, 1.82) is 0 Å². The van der Waals surface area contributed by atoms with Gasteiger partial charge in [0.25, 0.3) is 41.0 Å². The van der Waals surface area contributed by atoms with Crippen LogP contribution in [0.15, 0.2) is 121 Å². The van der Waals surface area contributed by atoms with Crippen molar-refractivity contribution in [3.8, 4) is 28.4 Å². The minimum absolute atomic E-state index is 0.000803. The van der Waals surface area contributed by atoms with Gasteiger partial charge in [-0.1, -0.05) is 6.07 Å². The van der Waals surface area contributed by atoms with Crippen LogP contribution in [-0.2, 0) is 92.6 Å². The summed E-state index contributed by atoms with van der Waals surface area (Å²) in [4.78, 5) is 149. The fourth-order valence-corrected chi connectivity index (χ4v) is 13.1. The summed E-state index contributed by atoms with van der Waals surface area (Å²) in [6.07, 6.45) is 11.6. The summed E-state index contributed by atoms with van der Waals surface area (Å²) in [5, 5.41) is 35.7. The molecule has 0 saturated carbocycles. The third-order valence-corrected chi connectivity index (χ3v) is 19.7. The van der Waals surface area contributed by atoms with Gasteiger partial charge in [0, 0.05) is 146 Å². The lowest BCUT2D eigenvalue weighted by molar-refractivity contribution is -0.121. The normalized spacial score (nSPS) is 11.4. The number of fused-ring (bicyclic) bond motifs is 1. The van der Waals surface area contributed by atoms with Gasteiger partial charge in [-0.15, -0.1) is 0 Å². The number of hydrogen-bond acceptors (Lipinski definition) is 25. The number of aryl methyl sites for hydroxylation is 7. The number of nitrogens with two attached hydrogens (primary N) is 1. The number of nitrogens with one attached hydrogen (secondary N) is 11. The number of aliphatic hydroxyl groups is 1. The van der Waals surface area contributed by atoms with E-state index in [0.29, 0.717) is 187 Å². The fraction of sp³-hybridized carbons (Fsp3) is 0.420. The minimum atomic E-state index is -1.23. The third kappa shape index (κ3) is 30.4. The number of benzene rings is 3. The van der Waals surface area contributed by atoms with Crippen LogP contribution in [0.1, 0.15) is 126 Å². The lowest BCUT2D eigenvalue weighted by Crippen LogP contribution is -2.32. The molecule has 41 nitrogen and oxygen atoms in total. The Morgan fingerprint density at radius 2 is 1.04 bits per heavy atom. The van der Waals surface area contributed by atoms with E-state index >= 15 is 0 Å². The first kappa shape index (κ1) is 98.9. The number of unbranched alkanes of at least 4 members (excludes halogenated alkanes) is 1. The standard InChI is InChI=1S/C88H113FN20O21/c1-56-45-59(89)46-57(2)77(56)130-70-16-11-58(88(3,4)120)47-64(70)66-54-108(8)87(119)76-65(66)50-67(100-76)81(113)97-60-12-14-63(15-13-60)129-44-43-128-42-41-127-40-39-126-38-37-125-36-35-124-34-33-123-32-31-122-30-29-121-28-25-91-73(110)17-21-95-84(116)78-96-51-71(103-78)101-74(111)18-23-94-83(115)69-49-62(53-109(69)26-10-9-20-90)99-86(118)80-104-72(55-107(80)7)102-75(112)19-22-93-82(114)68-48-61(52-106(68)6)98-85(117)79-92-24-27-105(79)5/h11-16,24,27,45-55,100,120H,9-10,17-23,25-26,28-44,90H2,1-8H3,(H,91,110)(H,93,114)(H,94,115)(H,95,116)(H,96,103)(H,97,113)(H,98,117)(H,99,118)(H,101,111)(H,102,112). The molecule has 0 radical (unpaired) electrons. The van der Waals surface area contributed by atoms with Crippen LogP contribution in [0, 0.1) is 19.7 Å². The summed E-state index contributed by atoms with van der Waals surface area (Å²) >= 11 is 0. The van der Waals surface area contributed by atoms with Crippen LogP contribution in [0.3, 0.4) is 0 Å². The summed E-state index contributed by atoms with van der Waals surface area (Å²) < 4.78 is 78.6. The summed E-state index contributed by atoms with van der Waals surface area (Å²) in [7, 11) is 6.48. The van der Waals surface area contributed by atoms with E-state index < -0.39 is 52.9 Å². The third-order valence-electron chi connectivity index (χ3n) is 19.7. The van der Waals surface area contributed by atoms with Gasteiger partial charge in [-0.05, 0) is 131 Å². The van der Waals surface area contributed by atoms with E-state index in [0.717, 1.165) is 0 Å². The molecular weight excluding hydrogens is 1690 g/mol. The number of nitrogens with zero attached hydrogens (tertiary/aromatic N) is 8. The Bertz CT molecular complexity index is 5520. The van der Waals surface area contributed by atoms with Crippen LogP contribution < -0.4 is 68.6 Å². The maximum atomic E-state index is 14.3. The molecular formula is C88H113FN20O21. The molecule has 0 spiro atoms. The zero-order valence-corrected chi connectivity index (χ0v) is 73.9. The van der Waals surface area contributed by atoms with E-state index in [1.807, 2.05) is 0 Å². The number of carbonyl (C=O) groups is 9. The lowest BCUT2D eigenvalue weighted by atomic mass is 9.93. The van der Waals surface area contributed by atoms with E-state index in [1.54, 1.807) is 138 Å². The molecule has 7 aromatic heterocycles.